The van der Waals surface area contributed by atoms with E-state index in [4.69, 9.17) is 4.74 Å². The van der Waals surface area contributed by atoms with Gasteiger partial charge in [0.05, 0.1) is 6.61 Å². The van der Waals surface area contributed by atoms with Crippen LogP contribution in [0.25, 0.3) is 0 Å². The molecule has 0 aliphatic heterocycles. The number of carbonyl (C=O) groups excluding carboxylic acids is 1. The highest BCUT2D eigenvalue weighted by atomic mass is 19.1. The standard InChI is InChI=1S/C16H17FN2O2/c1-19(16(20)13-8-9-18-15(17)12-13)10-5-11-21-14-6-3-2-4-7-14/h2-4,6-9,12H,5,10-11H2,1H3. The van der Waals surface area contributed by atoms with Crippen LogP contribution in [0.2, 0.25) is 0 Å². The van der Waals surface area contributed by atoms with Crippen molar-refractivity contribution in [3.63, 3.8) is 0 Å². The SMILES string of the molecule is CN(CCCOc1ccccc1)C(=O)c1ccnc(F)c1. The molecule has 1 aromatic heterocycles. The largest absolute Gasteiger partial charge is 0.494 e. The molecule has 110 valence electrons. The van der Waals surface area contributed by atoms with Crippen LogP contribution in [0.4, 0.5) is 4.39 Å². The number of carbonyl (C=O) groups is 1. The van der Waals surface area contributed by atoms with E-state index in [9.17, 15) is 9.18 Å². The summed E-state index contributed by atoms with van der Waals surface area (Å²) in [5.41, 5.74) is 0.300. The molecule has 2 aromatic rings. The van der Waals surface area contributed by atoms with Gasteiger partial charge in [-0.3, -0.25) is 4.79 Å². The lowest BCUT2D eigenvalue weighted by atomic mass is 10.2. The van der Waals surface area contributed by atoms with Crippen LogP contribution >= 0.6 is 0 Å². The third-order valence-electron chi connectivity index (χ3n) is 2.97. The Labute approximate surface area is 123 Å². The summed E-state index contributed by atoms with van der Waals surface area (Å²) < 4.78 is 18.5. The highest BCUT2D eigenvalue weighted by Gasteiger charge is 2.12. The van der Waals surface area contributed by atoms with Crippen molar-refractivity contribution in [3.05, 3.63) is 60.2 Å². The van der Waals surface area contributed by atoms with Crippen LogP contribution in [0.1, 0.15) is 16.8 Å². The lowest BCUT2D eigenvalue weighted by molar-refractivity contribution is 0.0787. The summed E-state index contributed by atoms with van der Waals surface area (Å²) in [4.78, 5) is 17.0. The zero-order chi connectivity index (χ0) is 15.1. The lowest BCUT2D eigenvalue weighted by Gasteiger charge is -2.17. The van der Waals surface area contributed by atoms with Gasteiger partial charge in [0.25, 0.3) is 5.91 Å². The zero-order valence-electron chi connectivity index (χ0n) is 11.8. The van der Waals surface area contributed by atoms with Gasteiger partial charge < -0.3 is 9.64 Å². The number of hydrogen-bond donors (Lipinski definition) is 0. The molecule has 0 radical (unpaired) electrons. The van der Waals surface area contributed by atoms with E-state index in [0.717, 1.165) is 11.8 Å². The molecule has 2 rings (SSSR count). The number of ether oxygens (including phenoxy) is 1. The maximum atomic E-state index is 13.0. The van der Waals surface area contributed by atoms with E-state index in [0.29, 0.717) is 25.1 Å². The molecule has 0 unspecified atom stereocenters. The third-order valence-corrected chi connectivity index (χ3v) is 2.97. The van der Waals surface area contributed by atoms with Crippen molar-refractivity contribution in [2.45, 2.75) is 6.42 Å². The summed E-state index contributed by atoms with van der Waals surface area (Å²) in [7, 11) is 1.68. The fourth-order valence-electron chi connectivity index (χ4n) is 1.87. The molecule has 5 heteroatoms. The van der Waals surface area contributed by atoms with E-state index in [1.165, 1.54) is 12.3 Å². The number of pyridine rings is 1. The molecule has 0 fully saturated rings. The van der Waals surface area contributed by atoms with E-state index < -0.39 is 5.95 Å². The first-order valence-corrected chi connectivity index (χ1v) is 6.71. The molecule has 1 heterocycles. The first-order chi connectivity index (χ1) is 10.2. The second-order valence-corrected chi connectivity index (χ2v) is 4.61. The van der Waals surface area contributed by atoms with Gasteiger partial charge in [-0.25, -0.2) is 4.98 Å². The monoisotopic (exact) mass is 288 g/mol. The minimum Gasteiger partial charge on any atom is -0.494 e. The van der Waals surface area contributed by atoms with Crippen molar-refractivity contribution in [1.29, 1.82) is 0 Å². The third kappa shape index (κ3) is 4.56. The molecule has 4 nitrogen and oxygen atoms in total. The van der Waals surface area contributed by atoms with Crippen LogP contribution in [0, 0.1) is 5.95 Å². The van der Waals surface area contributed by atoms with Gasteiger partial charge in [0.1, 0.15) is 5.75 Å². The first kappa shape index (κ1) is 15.0. The number of rotatable bonds is 6. The molecular weight excluding hydrogens is 271 g/mol. The van der Waals surface area contributed by atoms with E-state index in [1.54, 1.807) is 11.9 Å². The Hall–Kier alpha value is -2.43. The number of para-hydroxylation sites is 1. The summed E-state index contributed by atoms with van der Waals surface area (Å²) in [6, 6.07) is 12.1. The molecule has 0 atom stereocenters. The Kier molecular flexibility index (Phi) is 5.26. The summed E-state index contributed by atoms with van der Waals surface area (Å²) in [5, 5.41) is 0. The smallest absolute Gasteiger partial charge is 0.253 e. The second-order valence-electron chi connectivity index (χ2n) is 4.61. The van der Waals surface area contributed by atoms with Gasteiger partial charge in [0.15, 0.2) is 0 Å². The van der Waals surface area contributed by atoms with Crippen molar-refractivity contribution in [2.75, 3.05) is 20.2 Å². The van der Waals surface area contributed by atoms with Gasteiger partial charge in [-0.1, -0.05) is 18.2 Å². The van der Waals surface area contributed by atoms with E-state index in [-0.39, 0.29) is 5.91 Å². The predicted molar refractivity (Wildman–Crippen MR) is 77.7 cm³/mol. The molecule has 0 saturated carbocycles. The molecule has 0 spiro atoms. The van der Waals surface area contributed by atoms with Crippen LogP contribution < -0.4 is 4.74 Å². The summed E-state index contributed by atoms with van der Waals surface area (Å²) >= 11 is 0. The number of nitrogens with zero attached hydrogens (tertiary/aromatic N) is 2. The minimum absolute atomic E-state index is 0.226. The van der Waals surface area contributed by atoms with Gasteiger partial charge in [0, 0.05) is 31.4 Å². The number of aromatic nitrogens is 1. The van der Waals surface area contributed by atoms with Gasteiger partial charge in [-0.05, 0) is 24.6 Å². The molecule has 0 bridgehead atoms. The molecule has 1 amide bonds. The predicted octanol–water partition coefficient (Wildman–Crippen LogP) is 2.76. The van der Waals surface area contributed by atoms with E-state index in [1.807, 2.05) is 30.3 Å². The Morgan fingerprint density at radius 3 is 2.76 bits per heavy atom. The molecule has 0 aliphatic rings. The quantitative estimate of drug-likeness (QED) is 0.606. The second kappa shape index (κ2) is 7.38. The van der Waals surface area contributed by atoms with Crippen LogP contribution in [0.5, 0.6) is 5.75 Å². The van der Waals surface area contributed by atoms with Gasteiger partial charge in [-0.15, -0.1) is 0 Å². The van der Waals surface area contributed by atoms with Crippen LogP contribution in [0.3, 0.4) is 0 Å². The average Bonchev–Trinajstić information content (AvgIpc) is 2.51. The molecule has 0 N–H and O–H groups in total. The highest BCUT2D eigenvalue weighted by Crippen LogP contribution is 2.09. The Balaban J connectivity index is 1.76. The van der Waals surface area contributed by atoms with Crippen molar-refractivity contribution < 1.29 is 13.9 Å². The summed E-state index contributed by atoms with van der Waals surface area (Å²) in [6.45, 7) is 1.06. The highest BCUT2D eigenvalue weighted by molar-refractivity contribution is 5.93. The fraction of sp³-hybridized carbons (Fsp3) is 0.250. The van der Waals surface area contributed by atoms with Crippen LogP contribution in [-0.2, 0) is 0 Å². The van der Waals surface area contributed by atoms with Gasteiger partial charge in [0.2, 0.25) is 5.95 Å². The zero-order valence-corrected chi connectivity index (χ0v) is 11.8. The summed E-state index contributed by atoms with van der Waals surface area (Å²) in [6.07, 6.45) is 1.99. The Morgan fingerprint density at radius 1 is 1.29 bits per heavy atom. The molecule has 0 aliphatic carbocycles. The number of halogens is 1. The Bertz CT molecular complexity index is 590. The molecular formula is C16H17FN2O2. The molecule has 0 saturated heterocycles. The van der Waals surface area contributed by atoms with Crippen LogP contribution in [-0.4, -0.2) is 36.0 Å². The van der Waals surface area contributed by atoms with Crippen molar-refractivity contribution in [1.82, 2.24) is 9.88 Å². The van der Waals surface area contributed by atoms with Crippen molar-refractivity contribution >= 4 is 5.91 Å². The minimum atomic E-state index is -0.651. The molecule has 21 heavy (non-hydrogen) atoms. The number of hydrogen-bond acceptors (Lipinski definition) is 3. The maximum Gasteiger partial charge on any atom is 0.253 e. The lowest BCUT2D eigenvalue weighted by Crippen LogP contribution is -2.28. The van der Waals surface area contributed by atoms with E-state index >= 15 is 0 Å². The normalized spacial score (nSPS) is 10.2. The Morgan fingerprint density at radius 2 is 2.05 bits per heavy atom. The topological polar surface area (TPSA) is 42.4 Å². The van der Waals surface area contributed by atoms with Gasteiger partial charge >= 0.3 is 0 Å². The number of benzene rings is 1. The van der Waals surface area contributed by atoms with Crippen molar-refractivity contribution in [2.24, 2.45) is 0 Å². The summed E-state index contributed by atoms with van der Waals surface area (Å²) in [5.74, 6) is -0.0691. The first-order valence-electron chi connectivity index (χ1n) is 6.71. The van der Waals surface area contributed by atoms with Crippen molar-refractivity contribution in [3.8, 4) is 5.75 Å². The maximum absolute atomic E-state index is 13.0. The fourth-order valence-corrected chi connectivity index (χ4v) is 1.87. The average molecular weight is 288 g/mol. The van der Waals surface area contributed by atoms with Crippen LogP contribution in [0.15, 0.2) is 48.7 Å². The number of amides is 1. The molecule has 1 aromatic carbocycles. The van der Waals surface area contributed by atoms with E-state index in [2.05, 4.69) is 4.98 Å². The van der Waals surface area contributed by atoms with Gasteiger partial charge in [-0.2, -0.15) is 4.39 Å².